The van der Waals surface area contributed by atoms with E-state index in [0.29, 0.717) is 11.2 Å². The lowest BCUT2D eigenvalue weighted by Gasteiger charge is -2.17. The van der Waals surface area contributed by atoms with Crippen molar-refractivity contribution in [2.45, 2.75) is 56.3 Å². The molecule has 4 N–H and O–H groups in total. The lowest BCUT2D eigenvalue weighted by Crippen LogP contribution is -2.34. The fraction of sp³-hybridized carbons (Fsp3) is 0.706. The van der Waals surface area contributed by atoms with Crippen molar-refractivity contribution in [2.75, 3.05) is 25.6 Å². The van der Waals surface area contributed by atoms with Gasteiger partial charge in [-0.15, -0.1) is 0 Å². The fourth-order valence-electron chi connectivity index (χ4n) is 3.66. The monoisotopic (exact) mass is 397 g/mol. The van der Waals surface area contributed by atoms with Crippen LogP contribution in [0.25, 0.3) is 11.2 Å². The summed E-state index contributed by atoms with van der Waals surface area (Å²) in [5.41, 5.74) is 6.68. The predicted octanol–water partition coefficient (Wildman–Crippen LogP) is 0.335. The molecule has 0 radical (unpaired) electrons. The molecule has 3 heterocycles. The van der Waals surface area contributed by atoms with Gasteiger partial charge in [0.1, 0.15) is 31.1 Å². The van der Waals surface area contributed by atoms with Crippen LogP contribution < -0.4 is 10.5 Å². The number of imidazole rings is 1. The van der Waals surface area contributed by atoms with Gasteiger partial charge < -0.3 is 30.2 Å². The van der Waals surface area contributed by atoms with Gasteiger partial charge in [0.25, 0.3) is 0 Å². The number of halogens is 1. The van der Waals surface area contributed by atoms with Gasteiger partial charge in [-0.2, -0.15) is 9.97 Å². The first kappa shape index (κ1) is 19.2. The Balaban J connectivity index is 1.58. The predicted molar refractivity (Wildman–Crippen MR) is 95.3 cm³/mol. The number of fused-ring (bicyclic) bond motifs is 1. The van der Waals surface area contributed by atoms with Crippen molar-refractivity contribution < 1.29 is 28.8 Å². The molecular formula is C17H24FN5O5. The lowest BCUT2D eigenvalue weighted by atomic mass is 10.1. The van der Waals surface area contributed by atoms with Crippen molar-refractivity contribution in [3.05, 3.63) is 6.33 Å². The first-order chi connectivity index (χ1) is 13.6. The average molecular weight is 397 g/mol. The molecule has 2 aromatic heterocycles. The topological polar surface area (TPSA) is 138 Å². The largest absolute Gasteiger partial charge is 0.460 e. The Morgan fingerprint density at radius 2 is 2.04 bits per heavy atom. The van der Waals surface area contributed by atoms with Crippen LogP contribution in [0.1, 0.15) is 31.9 Å². The molecule has 10 nitrogen and oxygen atoms in total. The molecule has 11 heteroatoms. The zero-order valence-electron chi connectivity index (χ0n) is 15.3. The van der Waals surface area contributed by atoms with Crippen LogP contribution in [-0.2, 0) is 9.47 Å². The van der Waals surface area contributed by atoms with Crippen molar-refractivity contribution in [3.8, 4) is 6.01 Å². The summed E-state index contributed by atoms with van der Waals surface area (Å²) in [4.78, 5) is 12.8. The molecule has 28 heavy (non-hydrogen) atoms. The van der Waals surface area contributed by atoms with E-state index in [1.54, 1.807) is 0 Å². The number of nitrogens with zero attached hydrogens (tertiary/aromatic N) is 4. The highest BCUT2D eigenvalue weighted by Crippen LogP contribution is 2.33. The first-order valence-corrected chi connectivity index (χ1v) is 9.40. The van der Waals surface area contributed by atoms with Crippen LogP contribution in [0.2, 0.25) is 0 Å². The number of hydrogen-bond acceptors (Lipinski definition) is 9. The highest BCUT2D eigenvalue weighted by atomic mass is 19.1. The van der Waals surface area contributed by atoms with Gasteiger partial charge in [0.05, 0.1) is 19.5 Å². The van der Waals surface area contributed by atoms with Crippen molar-refractivity contribution in [2.24, 2.45) is 0 Å². The number of nitrogens with two attached hydrogens (primary N) is 1. The van der Waals surface area contributed by atoms with E-state index in [1.807, 2.05) is 0 Å². The van der Waals surface area contributed by atoms with Gasteiger partial charge in [0, 0.05) is 0 Å². The van der Waals surface area contributed by atoms with Crippen molar-refractivity contribution >= 4 is 17.0 Å². The molecule has 0 aromatic carbocycles. The van der Waals surface area contributed by atoms with Gasteiger partial charge in [-0.3, -0.25) is 4.57 Å². The Morgan fingerprint density at radius 3 is 2.79 bits per heavy atom. The maximum absolute atomic E-state index is 12.2. The second-order valence-electron chi connectivity index (χ2n) is 7.05. The first-order valence-electron chi connectivity index (χ1n) is 9.40. The highest BCUT2D eigenvalue weighted by molar-refractivity contribution is 5.82. The van der Waals surface area contributed by atoms with E-state index in [2.05, 4.69) is 15.0 Å². The highest BCUT2D eigenvalue weighted by Gasteiger charge is 2.44. The number of anilines is 1. The standard InChI is InChI=1S/C17H24FN5O5/c18-5-6-26-7-10-12(24)13(25)16(28-10)23-8-20-11-14(19)21-17(22-15(11)23)27-9-3-1-2-4-9/h8-10,12-13,16,24-25H,1-7H2,(H2,19,21,22)/t10-,12-,13-,16-/m1/s1. The molecule has 4 atom stereocenters. The van der Waals surface area contributed by atoms with Gasteiger partial charge in [-0.05, 0) is 25.7 Å². The quantitative estimate of drug-likeness (QED) is 0.564. The minimum atomic E-state index is -1.24. The molecule has 2 fully saturated rings. The van der Waals surface area contributed by atoms with Crippen LogP contribution in [0.4, 0.5) is 10.2 Å². The van der Waals surface area contributed by atoms with Crippen molar-refractivity contribution in [3.63, 3.8) is 0 Å². The zero-order chi connectivity index (χ0) is 19.7. The van der Waals surface area contributed by atoms with E-state index in [4.69, 9.17) is 19.9 Å². The van der Waals surface area contributed by atoms with Crippen molar-refractivity contribution in [1.29, 1.82) is 0 Å². The zero-order valence-corrected chi connectivity index (χ0v) is 15.3. The molecule has 2 aromatic rings. The Hall–Kier alpha value is -2.08. The van der Waals surface area contributed by atoms with Crippen LogP contribution in [0.15, 0.2) is 6.33 Å². The number of rotatable bonds is 7. The summed E-state index contributed by atoms with van der Waals surface area (Å²) in [6.07, 6.45) is 1.36. The molecule has 1 saturated heterocycles. The number of alkyl halides is 1. The summed E-state index contributed by atoms with van der Waals surface area (Å²) in [5, 5.41) is 20.7. The summed E-state index contributed by atoms with van der Waals surface area (Å²) in [7, 11) is 0. The van der Waals surface area contributed by atoms with E-state index in [0.717, 1.165) is 25.7 Å². The van der Waals surface area contributed by atoms with Crippen LogP contribution in [-0.4, -0.2) is 74.0 Å². The van der Waals surface area contributed by atoms with Crippen LogP contribution >= 0.6 is 0 Å². The van der Waals surface area contributed by atoms with Gasteiger partial charge in [0.2, 0.25) is 0 Å². The van der Waals surface area contributed by atoms with E-state index in [1.165, 1.54) is 10.9 Å². The minimum absolute atomic E-state index is 0.0432. The second-order valence-corrected chi connectivity index (χ2v) is 7.05. The fourth-order valence-corrected chi connectivity index (χ4v) is 3.66. The van der Waals surface area contributed by atoms with E-state index < -0.39 is 31.2 Å². The van der Waals surface area contributed by atoms with E-state index >= 15 is 0 Å². The maximum atomic E-state index is 12.2. The maximum Gasteiger partial charge on any atom is 0.320 e. The Labute approximate surface area is 160 Å². The summed E-state index contributed by atoms with van der Waals surface area (Å²) in [6.45, 7) is -0.785. The van der Waals surface area contributed by atoms with Crippen LogP contribution in [0, 0.1) is 0 Å². The number of aliphatic hydroxyl groups excluding tert-OH is 2. The number of nitrogen functional groups attached to an aromatic ring is 1. The van der Waals surface area contributed by atoms with Gasteiger partial charge >= 0.3 is 6.01 Å². The molecule has 4 rings (SSSR count). The molecule has 0 amide bonds. The normalized spacial score (nSPS) is 28.4. The SMILES string of the molecule is Nc1nc(OC2CCCC2)nc2c1ncn2[C@@H]1O[C@H](COCCF)[C@@H](O)[C@H]1O. The van der Waals surface area contributed by atoms with Crippen LogP contribution in [0.3, 0.4) is 0 Å². The second kappa shape index (κ2) is 8.11. The molecule has 2 aliphatic rings. The smallest absolute Gasteiger partial charge is 0.320 e. The molecule has 0 spiro atoms. The van der Waals surface area contributed by atoms with Gasteiger partial charge in [-0.25, -0.2) is 9.37 Å². The number of hydrogen-bond donors (Lipinski definition) is 3. The third-order valence-corrected chi connectivity index (χ3v) is 5.12. The Bertz CT molecular complexity index is 815. The summed E-state index contributed by atoms with van der Waals surface area (Å²) in [6, 6.07) is 0.148. The molecule has 154 valence electrons. The average Bonchev–Trinajstić information content (AvgIpc) is 3.39. The summed E-state index contributed by atoms with van der Waals surface area (Å²) < 4.78 is 30.3. The minimum Gasteiger partial charge on any atom is -0.460 e. The third kappa shape index (κ3) is 3.62. The van der Waals surface area contributed by atoms with Gasteiger partial charge in [0.15, 0.2) is 23.2 Å². The molecule has 0 unspecified atom stereocenters. The molecule has 1 aliphatic carbocycles. The lowest BCUT2D eigenvalue weighted by molar-refractivity contribution is -0.0664. The number of aliphatic hydroxyl groups is 2. The summed E-state index contributed by atoms with van der Waals surface area (Å²) >= 11 is 0. The summed E-state index contributed by atoms with van der Waals surface area (Å²) in [5.74, 6) is 0.160. The Kier molecular flexibility index (Phi) is 5.58. The molecular weight excluding hydrogens is 373 g/mol. The van der Waals surface area contributed by atoms with E-state index in [9.17, 15) is 14.6 Å². The van der Waals surface area contributed by atoms with E-state index in [-0.39, 0.29) is 31.1 Å². The molecule has 1 saturated carbocycles. The number of ether oxygens (including phenoxy) is 3. The van der Waals surface area contributed by atoms with Crippen molar-refractivity contribution in [1.82, 2.24) is 19.5 Å². The Morgan fingerprint density at radius 1 is 1.25 bits per heavy atom. The molecule has 1 aliphatic heterocycles. The third-order valence-electron chi connectivity index (χ3n) is 5.12. The molecule has 0 bridgehead atoms. The van der Waals surface area contributed by atoms with Gasteiger partial charge in [-0.1, -0.05) is 0 Å². The van der Waals surface area contributed by atoms with Crippen LogP contribution in [0.5, 0.6) is 6.01 Å². The number of aromatic nitrogens is 4.